The number of alkyl halides is 2. The first kappa shape index (κ1) is 102. The quantitative estimate of drug-likeness (QED) is 0.0246. The number of carboxylic acid groups (broad SMARTS) is 3. The van der Waals surface area contributed by atoms with Gasteiger partial charge in [0.25, 0.3) is 6.43 Å². The zero-order chi connectivity index (χ0) is 95.1. The summed E-state index contributed by atoms with van der Waals surface area (Å²) in [6.07, 6.45) is -1.36. The van der Waals surface area contributed by atoms with Crippen LogP contribution in [-0.2, 0) is 20.6 Å². The molecule has 0 aliphatic carbocycles. The Kier molecular flexibility index (Phi) is 35.7. The number of hydrogen-bond acceptors (Lipinski definition) is 24. The number of aromatic nitrogens is 7. The Morgan fingerprint density at radius 3 is 1.03 bits per heavy atom. The average Bonchev–Trinajstić information content (AvgIpc) is 0.779. The Morgan fingerprint density at radius 1 is 0.378 bits per heavy atom. The van der Waals surface area contributed by atoms with Gasteiger partial charge in [0.2, 0.25) is 0 Å². The maximum atomic E-state index is 14.1. The molecular formula is C81H60Cl11F8N13O14. The molecule has 0 saturated carbocycles. The first-order valence-electron chi connectivity index (χ1n) is 34.7. The smallest absolute Gasteiger partial charge is 0.358 e. The lowest BCUT2D eigenvalue weighted by Gasteiger charge is -2.13. The molecule has 5 aromatic carbocycles. The van der Waals surface area contributed by atoms with Crippen LogP contribution >= 0.6 is 128 Å². The Labute approximate surface area is 768 Å². The lowest BCUT2D eigenvalue weighted by Crippen LogP contribution is -2.09. The molecule has 0 radical (unpaired) electrons. The fourth-order valence-corrected chi connectivity index (χ4v) is 12.8. The lowest BCUT2D eigenvalue weighted by atomic mass is 10.0. The van der Waals surface area contributed by atoms with E-state index in [0.717, 1.165) is 31.0 Å². The number of nitrogens with two attached hydrogens (primary N) is 6. The van der Waals surface area contributed by atoms with Gasteiger partial charge in [0.05, 0.1) is 159 Å². The van der Waals surface area contributed by atoms with Gasteiger partial charge >= 0.3 is 35.8 Å². The van der Waals surface area contributed by atoms with E-state index < -0.39 is 110 Å². The number of carboxylic acids is 3. The Bertz CT molecular complexity index is 6220. The molecule has 46 heteroatoms. The summed E-state index contributed by atoms with van der Waals surface area (Å²) in [5.74, 6) is -11.4. The van der Waals surface area contributed by atoms with Crippen molar-refractivity contribution in [1.29, 1.82) is 0 Å². The topological polar surface area (TPSA) is 456 Å². The number of methoxy groups -OCH3 is 5. The SMILES string of the molecule is CCc1c(-c2cc(N)c(Cl)c(C(=O)OC)n2)ccc(Cl)c1F.COC(=O)c1nc(-c2ccc(Cl)c(F)c2C(F)F)cc(N)c1Cl.COC(=O)c1nc(-c2ccc(Cl)c(F)c2OC)cc(N)c1Cl.COc1c(-c2cc(N)c(Cl)c(C(=O)O)n2)ccc(Cl)c1F.Cc1c(-c2cc(N)c(Cl)c(C(=O)O)n2)ccc(Cl)c1F.Cc1ccc(-c2nc(C(=O)O)c(Cl)c(N)c2F)cn1. The number of esters is 3. The van der Waals surface area contributed by atoms with E-state index in [4.69, 9.17) is 187 Å². The summed E-state index contributed by atoms with van der Waals surface area (Å²) >= 11 is 63.4. The van der Waals surface area contributed by atoms with Crippen LogP contribution in [0, 0.1) is 48.8 Å². The van der Waals surface area contributed by atoms with Crippen LogP contribution < -0.4 is 43.9 Å². The van der Waals surface area contributed by atoms with Crippen molar-refractivity contribution in [3.8, 4) is 79.0 Å². The monoisotopic (exact) mass is 1980 g/mol. The van der Waals surface area contributed by atoms with E-state index in [9.17, 15) is 63.9 Å². The number of rotatable bonds is 16. The Balaban J connectivity index is 0.000000209. The van der Waals surface area contributed by atoms with Gasteiger partial charge in [-0.2, -0.15) is 0 Å². The van der Waals surface area contributed by atoms with Crippen LogP contribution in [0.2, 0.25) is 55.2 Å². The fraction of sp³-hybridized carbons (Fsp3) is 0.123. The molecular weight excluding hydrogens is 1920 g/mol. The van der Waals surface area contributed by atoms with E-state index in [1.165, 1.54) is 102 Å². The molecule has 666 valence electrons. The largest absolute Gasteiger partial charge is 0.493 e. The van der Waals surface area contributed by atoms with Crippen molar-refractivity contribution < 1.29 is 103 Å². The van der Waals surface area contributed by atoms with Gasteiger partial charge in [-0.25, -0.2) is 93.8 Å². The number of hydrogen-bond donors (Lipinski definition) is 9. The molecule has 0 amide bonds. The normalized spacial score (nSPS) is 10.6. The molecule has 27 nitrogen and oxygen atoms in total. The van der Waals surface area contributed by atoms with Gasteiger partial charge < -0.3 is 73.4 Å². The van der Waals surface area contributed by atoms with Crippen LogP contribution in [0.15, 0.2) is 109 Å². The number of benzene rings is 5. The second-order valence-corrected chi connectivity index (χ2v) is 29.3. The molecule has 7 heterocycles. The molecule has 127 heavy (non-hydrogen) atoms. The minimum Gasteiger partial charge on any atom is -0.493 e. The summed E-state index contributed by atoms with van der Waals surface area (Å²) < 4.78 is 134. The molecule has 0 aliphatic heterocycles. The third-order valence-electron chi connectivity index (χ3n) is 17.1. The van der Waals surface area contributed by atoms with E-state index in [0.29, 0.717) is 34.4 Å². The van der Waals surface area contributed by atoms with Crippen LogP contribution in [0.3, 0.4) is 0 Å². The van der Waals surface area contributed by atoms with E-state index in [1.807, 2.05) is 0 Å². The van der Waals surface area contributed by atoms with E-state index in [2.05, 4.69) is 49.1 Å². The average molecular weight is 1980 g/mol. The van der Waals surface area contributed by atoms with Crippen molar-refractivity contribution in [2.75, 3.05) is 70.0 Å². The van der Waals surface area contributed by atoms with Crippen LogP contribution in [0.1, 0.15) is 98.7 Å². The van der Waals surface area contributed by atoms with Gasteiger partial charge in [-0.1, -0.05) is 153 Å². The molecule has 0 saturated heterocycles. The molecule has 12 aromatic rings. The number of nitrogens with zero attached hydrogens (tertiary/aromatic N) is 7. The van der Waals surface area contributed by atoms with Crippen LogP contribution in [0.5, 0.6) is 11.5 Å². The molecule has 0 unspecified atom stereocenters. The van der Waals surface area contributed by atoms with Crippen molar-refractivity contribution in [2.45, 2.75) is 33.6 Å². The number of aromatic carboxylic acids is 3. The number of carbonyl (C=O) groups excluding carboxylic acids is 3. The zero-order valence-corrected chi connectivity index (χ0v) is 74.1. The third kappa shape index (κ3) is 23.4. The highest BCUT2D eigenvalue weighted by molar-refractivity contribution is 6.39. The van der Waals surface area contributed by atoms with Gasteiger partial charge in [-0.3, -0.25) is 4.98 Å². The summed E-state index contributed by atoms with van der Waals surface area (Å²) in [5.41, 5.74) is 34.3. The molecule has 7 aromatic heterocycles. The van der Waals surface area contributed by atoms with Crippen molar-refractivity contribution >= 4 is 198 Å². The number of carbonyl (C=O) groups is 6. The van der Waals surface area contributed by atoms with Crippen molar-refractivity contribution in [3.05, 3.63) is 256 Å². The zero-order valence-electron chi connectivity index (χ0n) is 65.8. The number of anilines is 6. The highest BCUT2D eigenvalue weighted by Crippen LogP contribution is 2.43. The molecule has 0 fully saturated rings. The number of nitrogen functional groups attached to an aromatic ring is 6. The standard InChI is InChI=1S/C15H13Cl2FN2O2.C14H9Cl2F3N2O2.C14H11Cl2FN2O3.C13H9Cl2FN2O3.C13H9Cl2FN2O2.C12H9ClFN3O2/c1-3-7-8(4-5-9(16)13(7)18)11-6-10(19)12(17)14(20-11)15(21)22-2;1-23-14(22)12-10(16)7(20)4-8(21-12)5-2-3-6(15)11(17)9(5)13(18)19;1-21-13-6(3-4-7(15)11(13)17)9-5-8(18)10(16)12(19-9)14(20)22-2;1-21-12-5(2-3-6(14)10(12)16)8-4-7(17)9(15)11(18-8)13(19)20;1-5-6(2-3-7(14)11(5)16)9-4-8(17)10(15)12(18-9)13(19)20;1-5-2-3-6(4-16-5)10-8(14)9(15)7(13)11(17-10)12(18)19/h4-6H,3H2,1-2H3,(H2,19,20);2-4,13H,1H3,(H2,20,21);3-5H,1-2H3,(H2,18,19);2-4H,1H3,(H2,17,18)(H,19,20);2-4H,1H3,(H2,17,18)(H,19,20);2-4H,1H3,(H2,15,17)(H,18,19). The number of pyridine rings is 7. The number of ether oxygens (including phenoxy) is 5. The first-order valence-corrected chi connectivity index (χ1v) is 38.9. The summed E-state index contributed by atoms with van der Waals surface area (Å²) in [6, 6.07) is 23.8. The summed E-state index contributed by atoms with van der Waals surface area (Å²) in [5, 5.41) is 25.4. The summed E-state index contributed by atoms with van der Waals surface area (Å²) in [7, 11) is 6.04. The molecule has 0 bridgehead atoms. The van der Waals surface area contributed by atoms with Gasteiger partial charge in [0.1, 0.15) is 17.3 Å². The Morgan fingerprint density at radius 2 is 0.685 bits per heavy atom. The molecule has 15 N–H and O–H groups in total. The van der Waals surface area contributed by atoms with Gasteiger partial charge in [0, 0.05) is 45.3 Å². The molecule has 0 spiro atoms. The minimum atomic E-state index is -3.15. The second-order valence-electron chi connectivity index (χ2n) is 25.0. The van der Waals surface area contributed by atoms with Crippen molar-refractivity contribution in [1.82, 2.24) is 34.9 Å². The summed E-state index contributed by atoms with van der Waals surface area (Å²) in [6.45, 7) is 5.08. The number of aryl methyl sites for hydroxylation is 1. The summed E-state index contributed by atoms with van der Waals surface area (Å²) in [4.78, 5) is 95.8. The minimum absolute atomic E-state index is 0.00286. The van der Waals surface area contributed by atoms with Gasteiger partial charge in [-0.15, -0.1) is 0 Å². The molecule has 0 aliphatic rings. The maximum Gasteiger partial charge on any atom is 0.358 e. The van der Waals surface area contributed by atoms with Crippen LogP contribution in [0.4, 0.5) is 69.2 Å². The van der Waals surface area contributed by atoms with E-state index in [1.54, 1.807) is 38.1 Å². The highest BCUT2D eigenvalue weighted by Gasteiger charge is 2.30. The highest BCUT2D eigenvalue weighted by atomic mass is 35.5. The van der Waals surface area contributed by atoms with Gasteiger partial charge in [-0.05, 0) is 116 Å². The second kappa shape index (κ2) is 44.4. The fourth-order valence-electron chi connectivity index (χ4n) is 10.9. The number of halogens is 19. The van der Waals surface area contributed by atoms with Crippen LogP contribution in [0.25, 0.3) is 67.5 Å². The maximum absolute atomic E-state index is 14.1. The first-order chi connectivity index (χ1) is 59.7. The van der Waals surface area contributed by atoms with Gasteiger partial charge in [0.15, 0.2) is 68.9 Å². The predicted octanol–water partition coefficient (Wildman–Crippen LogP) is 22.0. The van der Waals surface area contributed by atoms with Crippen molar-refractivity contribution in [2.24, 2.45) is 0 Å². The molecule has 12 rings (SSSR count). The van der Waals surface area contributed by atoms with E-state index >= 15 is 0 Å². The predicted molar refractivity (Wildman–Crippen MR) is 469 cm³/mol. The lowest BCUT2D eigenvalue weighted by molar-refractivity contribution is 0.0585. The van der Waals surface area contributed by atoms with Crippen LogP contribution in [-0.4, -0.2) is 122 Å². The molecule has 0 atom stereocenters. The Hall–Kier alpha value is -12.0. The third-order valence-corrected chi connectivity index (χ3v) is 20.9. The van der Waals surface area contributed by atoms with Crippen molar-refractivity contribution in [3.63, 3.8) is 0 Å². The van der Waals surface area contributed by atoms with E-state index in [-0.39, 0.29) is 159 Å².